The van der Waals surface area contributed by atoms with Gasteiger partial charge in [-0.1, -0.05) is 54.6 Å². The molecular formula is C44H54N7O7P. The van der Waals surface area contributed by atoms with Gasteiger partial charge in [0.15, 0.2) is 5.65 Å². The van der Waals surface area contributed by atoms with Gasteiger partial charge in [0.2, 0.25) is 5.95 Å². The molecule has 6 rings (SSSR count). The zero-order valence-corrected chi connectivity index (χ0v) is 35.8. The van der Waals surface area contributed by atoms with Crippen LogP contribution >= 0.6 is 8.53 Å². The van der Waals surface area contributed by atoms with Crippen LogP contribution in [0.25, 0.3) is 11.0 Å². The number of ether oxygens (including phenoxy) is 4. The number of nitrogens with zero attached hydrogens (tertiary/aromatic N) is 6. The standard InChI is InChI=1S/C44H54N7O7P/c1-30(2)51(31(3)4)59(56-26-12-24-45)58-38-27-40(50-25-23-37-41(50)47-43(48-42(37)52)46-29-49(5)6)57-39(38)28-55-44(32-13-10-9-11-14-32,33-15-19-35(53-7)20-16-33)34-17-21-36(54-8)22-18-34/h9-11,13-23,25,29-31,38-40H,12,26-28H2,1-8H3,(H,47,48,52)/t38-,39+,40+,59?/m0/s1. The lowest BCUT2D eigenvalue weighted by Crippen LogP contribution is -2.39. The third-order valence-electron chi connectivity index (χ3n) is 10.00. The van der Waals surface area contributed by atoms with E-state index in [4.69, 9.17) is 33.0 Å². The Morgan fingerprint density at radius 2 is 1.58 bits per heavy atom. The largest absolute Gasteiger partial charge is 0.497 e. The molecule has 5 aromatic rings. The van der Waals surface area contributed by atoms with Crippen LogP contribution in [0.15, 0.2) is 101 Å². The molecule has 1 saturated heterocycles. The first-order chi connectivity index (χ1) is 28.5. The summed E-state index contributed by atoms with van der Waals surface area (Å²) in [6, 6.07) is 29.9. The molecule has 4 atom stereocenters. The minimum Gasteiger partial charge on any atom is -0.497 e. The average Bonchev–Trinajstić information content (AvgIpc) is 3.85. The highest BCUT2D eigenvalue weighted by molar-refractivity contribution is 7.44. The molecule has 3 aromatic carbocycles. The Hall–Kier alpha value is -5.13. The second kappa shape index (κ2) is 19.7. The molecule has 0 saturated carbocycles. The van der Waals surface area contributed by atoms with E-state index in [2.05, 4.69) is 60.5 Å². The van der Waals surface area contributed by atoms with Crippen LogP contribution in [0.3, 0.4) is 0 Å². The number of nitriles is 1. The summed E-state index contributed by atoms with van der Waals surface area (Å²) in [6.45, 7) is 8.71. The molecule has 0 spiro atoms. The number of aliphatic imine (C=N–C) groups is 1. The van der Waals surface area contributed by atoms with Gasteiger partial charge in [0.1, 0.15) is 29.4 Å². The van der Waals surface area contributed by atoms with E-state index in [1.54, 1.807) is 37.7 Å². The number of rotatable bonds is 19. The number of aromatic nitrogens is 3. The molecule has 312 valence electrons. The van der Waals surface area contributed by atoms with Gasteiger partial charge in [0.25, 0.3) is 14.1 Å². The molecule has 3 heterocycles. The molecule has 1 aliphatic heterocycles. The van der Waals surface area contributed by atoms with Crippen LogP contribution in [0.1, 0.15) is 63.5 Å². The quantitative estimate of drug-likeness (QED) is 0.0285. The van der Waals surface area contributed by atoms with Crippen LogP contribution in [0.4, 0.5) is 5.95 Å². The van der Waals surface area contributed by atoms with Crippen molar-refractivity contribution in [2.75, 3.05) is 41.5 Å². The van der Waals surface area contributed by atoms with Crippen LogP contribution in [0.2, 0.25) is 0 Å². The van der Waals surface area contributed by atoms with Gasteiger partial charge < -0.3 is 37.5 Å². The molecule has 59 heavy (non-hydrogen) atoms. The van der Waals surface area contributed by atoms with Crippen molar-refractivity contribution in [3.05, 3.63) is 118 Å². The predicted octanol–water partition coefficient (Wildman–Crippen LogP) is 7.92. The Kier molecular flexibility index (Phi) is 14.5. The van der Waals surface area contributed by atoms with E-state index in [1.807, 2.05) is 85.4 Å². The highest BCUT2D eigenvalue weighted by Gasteiger charge is 2.45. The zero-order chi connectivity index (χ0) is 42.1. The minimum absolute atomic E-state index is 0.0809. The summed E-state index contributed by atoms with van der Waals surface area (Å²) in [5, 5.41) is 9.81. The maximum absolute atomic E-state index is 13.2. The van der Waals surface area contributed by atoms with Gasteiger partial charge in [0.05, 0.1) is 57.8 Å². The molecule has 2 aromatic heterocycles. The van der Waals surface area contributed by atoms with Gasteiger partial charge in [0, 0.05) is 38.8 Å². The molecule has 1 unspecified atom stereocenters. The number of hydrogen-bond donors (Lipinski definition) is 1. The van der Waals surface area contributed by atoms with Crippen molar-refractivity contribution in [3.8, 4) is 17.6 Å². The van der Waals surface area contributed by atoms with E-state index in [-0.39, 0.29) is 43.2 Å². The van der Waals surface area contributed by atoms with E-state index >= 15 is 0 Å². The SMILES string of the molecule is COc1ccc(C(OC[C@H]2O[C@@H](n3ccc4c(=O)[nH]c(N=CN(C)C)nc43)C[C@@H]2OP(OCCC#N)N(C(C)C)C(C)C)(c2ccccc2)c2ccc(OC)cc2)cc1. The third kappa shape index (κ3) is 9.85. The number of benzene rings is 3. The van der Waals surface area contributed by atoms with E-state index in [1.165, 1.54) is 0 Å². The van der Waals surface area contributed by atoms with Gasteiger partial charge in [-0.2, -0.15) is 10.2 Å². The highest BCUT2D eigenvalue weighted by atomic mass is 31.2. The van der Waals surface area contributed by atoms with Gasteiger partial charge in [-0.25, -0.2) is 9.66 Å². The lowest BCUT2D eigenvalue weighted by Gasteiger charge is -2.39. The van der Waals surface area contributed by atoms with Crippen molar-refractivity contribution < 1.29 is 28.0 Å². The van der Waals surface area contributed by atoms with Gasteiger partial charge in [-0.3, -0.25) is 9.78 Å². The molecule has 0 bridgehead atoms. The highest BCUT2D eigenvalue weighted by Crippen LogP contribution is 2.51. The van der Waals surface area contributed by atoms with E-state index in [0.717, 1.165) is 16.7 Å². The second-order valence-corrected chi connectivity index (χ2v) is 16.3. The van der Waals surface area contributed by atoms with Crippen LogP contribution in [-0.2, 0) is 24.1 Å². The monoisotopic (exact) mass is 823 g/mol. The van der Waals surface area contributed by atoms with E-state index in [0.29, 0.717) is 29.0 Å². The lowest BCUT2D eigenvalue weighted by atomic mass is 9.80. The Labute approximate surface area is 347 Å². The summed E-state index contributed by atoms with van der Waals surface area (Å²) in [5.74, 6) is 1.60. The summed E-state index contributed by atoms with van der Waals surface area (Å²) < 4.78 is 42.9. The van der Waals surface area contributed by atoms with E-state index < -0.39 is 32.6 Å². The van der Waals surface area contributed by atoms with Crippen molar-refractivity contribution in [2.24, 2.45) is 4.99 Å². The van der Waals surface area contributed by atoms with Crippen molar-refractivity contribution in [3.63, 3.8) is 0 Å². The summed E-state index contributed by atoms with van der Waals surface area (Å²) in [7, 11) is 5.31. The van der Waals surface area contributed by atoms with Crippen molar-refractivity contribution >= 4 is 31.8 Å². The third-order valence-corrected chi connectivity index (χ3v) is 12.2. The van der Waals surface area contributed by atoms with Crippen molar-refractivity contribution in [2.45, 2.75) is 76.7 Å². The first-order valence-electron chi connectivity index (χ1n) is 19.7. The second-order valence-electron chi connectivity index (χ2n) is 14.9. The Morgan fingerprint density at radius 1 is 0.966 bits per heavy atom. The number of hydrogen-bond acceptors (Lipinski definition) is 11. The van der Waals surface area contributed by atoms with Crippen molar-refractivity contribution in [1.82, 2.24) is 24.1 Å². The zero-order valence-electron chi connectivity index (χ0n) is 34.9. The topological polar surface area (TPSA) is 149 Å². The number of fused-ring (bicyclic) bond motifs is 1. The van der Waals surface area contributed by atoms with Gasteiger partial charge in [-0.05, 0) is 74.7 Å². The van der Waals surface area contributed by atoms with Crippen LogP contribution in [-0.4, -0.2) is 96.3 Å². The maximum Gasteiger partial charge on any atom is 0.261 e. The Balaban J connectivity index is 1.45. The molecule has 1 N–H and O–H groups in total. The number of nitrogens with one attached hydrogen (secondary N) is 1. The fourth-order valence-corrected chi connectivity index (χ4v) is 9.08. The molecule has 1 aliphatic rings. The number of aromatic amines is 1. The molecule has 14 nitrogen and oxygen atoms in total. The predicted molar refractivity (Wildman–Crippen MR) is 229 cm³/mol. The van der Waals surface area contributed by atoms with Gasteiger partial charge in [-0.15, -0.1) is 0 Å². The molecule has 0 radical (unpaired) electrons. The van der Waals surface area contributed by atoms with Crippen LogP contribution in [0, 0.1) is 11.3 Å². The Morgan fingerprint density at radius 3 is 2.14 bits per heavy atom. The van der Waals surface area contributed by atoms with Crippen LogP contribution < -0.4 is 15.0 Å². The molecular weight excluding hydrogens is 769 g/mol. The fraction of sp³-hybridized carbons (Fsp3) is 0.409. The van der Waals surface area contributed by atoms with Gasteiger partial charge >= 0.3 is 0 Å². The molecule has 0 aliphatic carbocycles. The summed E-state index contributed by atoms with van der Waals surface area (Å²) >= 11 is 0. The molecule has 15 heteroatoms. The summed E-state index contributed by atoms with van der Waals surface area (Å²) in [6.07, 6.45) is 2.23. The van der Waals surface area contributed by atoms with E-state index in [9.17, 15) is 10.1 Å². The average molecular weight is 824 g/mol. The number of methoxy groups -OCH3 is 2. The first kappa shape index (κ1) is 43.4. The summed E-state index contributed by atoms with van der Waals surface area (Å²) in [4.78, 5) is 26.8. The maximum atomic E-state index is 13.2. The van der Waals surface area contributed by atoms with Crippen molar-refractivity contribution in [1.29, 1.82) is 5.26 Å². The number of H-pyrrole nitrogens is 1. The summed E-state index contributed by atoms with van der Waals surface area (Å²) in [5.41, 5.74) is 1.66. The minimum atomic E-state index is -1.65. The Bertz CT molecular complexity index is 2180. The molecule has 1 fully saturated rings. The fourth-order valence-electron chi connectivity index (χ4n) is 7.32. The normalized spacial score (nSPS) is 17.6. The molecule has 0 amide bonds. The lowest BCUT2D eigenvalue weighted by molar-refractivity contribution is -0.0911. The smallest absolute Gasteiger partial charge is 0.261 e. The first-order valence-corrected chi connectivity index (χ1v) is 20.8. The van der Waals surface area contributed by atoms with Crippen LogP contribution in [0.5, 0.6) is 11.5 Å².